The molecule has 4 aromatic rings. The van der Waals surface area contributed by atoms with Gasteiger partial charge in [-0.2, -0.15) is 0 Å². The monoisotopic (exact) mass is 547 g/mol. The van der Waals surface area contributed by atoms with Crippen molar-refractivity contribution in [3.05, 3.63) is 125 Å². The number of nitrogens with zero attached hydrogens (tertiary/aromatic N) is 3. The number of hydrogen-bond donors (Lipinski definition) is 0. The third-order valence-electron chi connectivity index (χ3n) is 6.74. The van der Waals surface area contributed by atoms with Crippen molar-refractivity contribution >= 4 is 34.2 Å². The first kappa shape index (κ1) is 26.1. The zero-order valence-corrected chi connectivity index (χ0v) is 22.2. The van der Waals surface area contributed by atoms with E-state index >= 15 is 0 Å². The number of hydrogen-bond acceptors (Lipinski definition) is 3. The quantitative estimate of drug-likeness (QED) is 0.261. The largest absolute Gasteiger partial charge is 0.337 e. The highest BCUT2D eigenvalue weighted by Crippen LogP contribution is 2.29. The Morgan fingerprint density at radius 1 is 0.974 bits per heavy atom. The van der Waals surface area contributed by atoms with Crippen LogP contribution in [-0.2, 0) is 17.5 Å². The minimum Gasteiger partial charge on any atom is -0.337 e. The van der Waals surface area contributed by atoms with Crippen LogP contribution in [-0.4, -0.2) is 33.1 Å². The fourth-order valence-corrected chi connectivity index (χ4v) is 6.00. The first-order chi connectivity index (χ1) is 18.5. The van der Waals surface area contributed by atoms with Crippen LogP contribution in [0.3, 0.4) is 0 Å². The van der Waals surface area contributed by atoms with Gasteiger partial charge in [0.1, 0.15) is 11.5 Å². The van der Waals surface area contributed by atoms with Crippen molar-refractivity contribution in [2.75, 3.05) is 17.4 Å². The number of pyridine rings is 1. The van der Waals surface area contributed by atoms with Gasteiger partial charge in [0.15, 0.2) is 11.0 Å². The molecule has 0 radical (unpaired) electrons. The van der Waals surface area contributed by atoms with E-state index in [1.54, 1.807) is 51.8 Å². The van der Waals surface area contributed by atoms with Crippen LogP contribution >= 0.6 is 11.6 Å². The van der Waals surface area contributed by atoms with Gasteiger partial charge in [0.25, 0.3) is 5.91 Å². The lowest BCUT2D eigenvalue weighted by Crippen LogP contribution is -2.38. The summed E-state index contributed by atoms with van der Waals surface area (Å²) in [6, 6.07) is 26.8. The number of anilines is 1. The van der Waals surface area contributed by atoms with E-state index in [0.717, 1.165) is 24.0 Å². The maximum absolute atomic E-state index is 13.6. The summed E-state index contributed by atoms with van der Waals surface area (Å²) in [5.74, 6) is -0.134. The van der Waals surface area contributed by atoms with Crippen molar-refractivity contribution in [3.63, 3.8) is 0 Å². The van der Waals surface area contributed by atoms with Crippen molar-refractivity contribution < 1.29 is 13.4 Å². The first-order valence-corrected chi connectivity index (χ1v) is 14.0. The average Bonchev–Trinajstić information content (AvgIpc) is 2.97. The molecule has 2 heterocycles. The molecule has 1 unspecified atom stereocenters. The van der Waals surface area contributed by atoms with E-state index in [1.165, 1.54) is 6.07 Å². The molecular weight excluding hydrogens is 521 g/mol. The number of benzene rings is 3. The lowest BCUT2D eigenvalue weighted by atomic mass is 9.89. The van der Waals surface area contributed by atoms with Gasteiger partial charge in [0.05, 0.1) is 23.3 Å². The van der Waals surface area contributed by atoms with E-state index in [4.69, 9.17) is 11.6 Å². The summed E-state index contributed by atoms with van der Waals surface area (Å²) >= 11 is 6.05. The van der Waals surface area contributed by atoms with E-state index in [1.807, 2.05) is 48.5 Å². The molecule has 5 rings (SSSR count). The molecule has 0 aliphatic carbocycles. The molecule has 0 spiro atoms. The Hall–Kier alpha value is -3.55. The van der Waals surface area contributed by atoms with Crippen molar-refractivity contribution in [2.45, 2.75) is 30.2 Å². The van der Waals surface area contributed by atoms with E-state index in [9.17, 15) is 13.4 Å². The first-order valence-electron chi connectivity index (χ1n) is 12.5. The molecule has 5 nitrogen and oxygen atoms in total. The molecule has 1 amide bonds. The second-order valence-electron chi connectivity index (χ2n) is 9.25. The van der Waals surface area contributed by atoms with E-state index in [2.05, 4.69) is 4.98 Å². The topological polar surface area (TPSA) is 53.5 Å². The summed E-state index contributed by atoms with van der Waals surface area (Å²) in [5, 5.41) is 0.633. The third-order valence-corrected chi connectivity index (χ3v) is 8.41. The third kappa shape index (κ3) is 6.11. The van der Waals surface area contributed by atoms with Gasteiger partial charge in [-0.05, 0) is 78.4 Å². The minimum absolute atomic E-state index is 0.136. The number of halogens is 2. The Morgan fingerprint density at radius 3 is 2.37 bits per heavy atom. The molecule has 1 atom stereocenters. The molecule has 8 heteroatoms. The lowest BCUT2D eigenvalue weighted by Gasteiger charge is -2.32. The molecule has 3 aromatic carbocycles. The van der Waals surface area contributed by atoms with Crippen LogP contribution in [0.5, 0.6) is 0 Å². The predicted octanol–water partition coefficient (Wildman–Crippen LogP) is 6.62. The standard InChI is InChI=1S/C30H27ClFN3O2S/c31-25-11-9-22(10-12-25)21-35(38(37)28-7-2-1-3-8-28)27-13-14-29(33-20-27)30(36)34-17-15-23(16-18-34)24-5-4-6-26(32)19-24/h1-14,19-20,23H,15-18,21H2. The smallest absolute Gasteiger partial charge is 0.272 e. The zero-order chi connectivity index (χ0) is 26.5. The van der Waals surface area contributed by atoms with Gasteiger partial charge in [0.2, 0.25) is 0 Å². The van der Waals surface area contributed by atoms with Gasteiger partial charge in [-0.3, -0.25) is 9.10 Å². The van der Waals surface area contributed by atoms with Crippen LogP contribution in [0.25, 0.3) is 0 Å². The van der Waals surface area contributed by atoms with Crippen molar-refractivity contribution in [2.24, 2.45) is 0 Å². The molecule has 0 saturated carbocycles. The van der Waals surface area contributed by atoms with Crippen LogP contribution in [0.1, 0.15) is 40.4 Å². The molecule has 1 saturated heterocycles. The summed E-state index contributed by atoms with van der Waals surface area (Å²) in [4.78, 5) is 20.1. The molecule has 38 heavy (non-hydrogen) atoms. The number of carbonyl (C=O) groups excluding carboxylic acids is 1. The number of likely N-dealkylation sites (tertiary alicyclic amines) is 1. The average molecular weight is 548 g/mol. The van der Waals surface area contributed by atoms with Crippen LogP contribution in [0, 0.1) is 5.82 Å². The maximum Gasteiger partial charge on any atom is 0.272 e. The fourth-order valence-electron chi connectivity index (χ4n) is 4.66. The van der Waals surface area contributed by atoms with Gasteiger partial charge in [0, 0.05) is 18.1 Å². The second kappa shape index (κ2) is 11.9. The zero-order valence-electron chi connectivity index (χ0n) is 20.7. The summed E-state index contributed by atoms with van der Waals surface area (Å²) in [5.41, 5.74) is 2.91. The van der Waals surface area contributed by atoms with Crippen LogP contribution in [0.2, 0.25) is 5.02 Å². The molecule has 0 N–H and O–H groups in total. The van der Waals surface area contributed by atoms with Gasteiger partial charge in [-0.1, -0.05) is 54.1 Å². The predicted molar refractivity (Wildman–Crippen MR) is 149 cm³/mol. The molecule has 1 aromatic heterocycles. The number of piperidine rings is 1. The van der Waals surface area contributed by atoms with E-state index in [0.29, 0.717) is 40.9 Å². The van der Waals surface area contributed by atoms with E-state index in [-0.39, 0.29) is 17.6 Å². The van der Waals surface area contributed by atoms with Crippen molar-refractivity contribution in [1.29, 1.82) is 0 Å². The number of carbonyl (C=O) groups is 1. The Morgan fingerprint density at radius 2 is 1.71 bits per heavy atom. The van der Waals surface area contributed by atoms with Crippen molar-refractivity contribution in [3.8, 4) is 0 Å². The highest BCUT2D eigenvalue weighted by molar-refractivity contribution is 7.86. The van der Waals surface area contributed by atoms with Crippen LogP contribution < -0.4 is 4.31 Å². The van der Waals surface area contributed by atoms with Crippen LogP contribution in [0.15, 0.2) is 102 Å². The summed E-state index contributed by atoms with van der Waals surface area (Å²) in [7, 11) is -1.49. The number of rotatable bonds is 7. The number of aromatic nitrogens is 1. The summed E-state index contributed by atoms with van der Waals surface area (Å²) in [6.07, 6.45) is 3.15. The Kier molecular flexibility index (Phi) is 8.15. The van der Waals surface area contributed by atoms with E-state index < -0.39 is 11.0 Å². The molecule has 1 aliphatic rings. The molecule has 1 aliphatic heterocycles. The SMILES string of the molecule is O=C(c1ccc(N(Cc2ccc(Cl)cc2)S(=O)c2ccccc2)cn1)N1CCC(c2cccc(F)c2)CC1. The molecule has 194 valence electrons. The van der Waals surface area contributed by atoms with Gasteiger partial charge < -0.3 is 4.90 Å². The Labute approximate surface area is 229 Å². The minimum atomic E-state index is -1.49. The lowest BCUT2D eigenvalue weighted by molar-refractivity contribution is 0.0707. The summed E-state index contributed by atoms with van der Waals surface area (Å²) < 4.78 is 28.9. The van der Waals surface area contributed by atoms with Gasteiger partial charge >= 0.3 is 0 Å². The highest BCUT2D eigenvalue weighted by Gasteiger charge is 2.26. The van der Waals surface area contributed by atoms with Crippen LogP contribution in [0.4, 0.5) is 10.1 Å². The molecule has 0 bridgehead atoms. The van der Waals surface area contributed by atoms with Gasteiger partial charge in [-0.25, -0.2) is 13.6 Å². The Balaban J connectivity index is 1.30. The number of amides is 1. The normalized spacial score (nSPS) is 14.7. The summed E-state index contributed by atoms with van der Waals surface area (Å²) in [6.45, 7) is 1.55. The second-order valence-corrected chi connectivity index (χ2v) is 11.1. The Bertz CT molecular complexity index is 1410. The molecule has 1 fully saturated rings. The van der Waals surface area contributed by atoms with Gasteiger partial charge in [-0.15, -0.1) is 0 Å². The highest BCUT2D eigenvalue weighted by atomic mass is 35.5. The van der Waals surface area contributed by atoms with Crippen molar-refractivity contribution in [1.82, 2.24) is 9.88 Å². The molecular formula is C30H27ClFN3O2S. The maximum atomic E-state index is 13.6. The fraction of sp³-hybridized carbons (Fsp3) is 0.200.